The van der Waals surface area contributed by atoms with E-state index in [4.69, 9.17) is 9.47 Å². The van der Waals surface area contributed by atoms with Crippen LogP contribution in [0.25, 0.3) is 0 Å². The monoisotopic (exact) mass is 220 g/mol. The van der Waals surface area contributed by atoms with Gasteiger partial charge in [0.15, 0.2) is 12.1 Å². The summed E-state index contributed by atoms with van der Waals surface area (Å²) in [6.45, 7) is 2.58. The molecular weight excluding hydrogens is 204 g/mol. The van der Waals surface area contributed by atoms with Gasteiger partial charge in [-0.15, -0.1) is 0 Å². The van der Waals surface area contributed by atoms with Crippen LogP contribution in [-0.2, 0) is 14.3 Å². The number of rotatable bonds is 4. The number of ether oxygens (including phenoxy) is 2. The van der Waals surface area contributed by atoms with Gasteiger partial charge in [-0.2, -0.15) is 0 Å². The van der Waals surface area contributed by atoms with Crippen molar-refractivity contribution in [3.8, 4) is 0 Å². The lowest BCUT2D eigenvalue weighted by molar-refractivity contribution is -0.179. The maximum absolute atomic E-state index is 10.6. The number of carbonyl (C=O) groups excluding carboxylic acids is 1. The predicted octanol–water partition coefficient (Wildman–Crippen LogP) is -1.58. The third-order valence-corrected chi connectivity index (χ3v) is 2.18. The summed E-state index contributed by atoms with van der Waals surface area (Å²) in [5, 5.41) is 28.1. The van der Waals surface area contributed by atoms with Gasteiger partial charge in [-0.1, -0.05) is 0 Å². The largest absolute Gasteiger partial charge is 0.391 e. The quantitative estimate of drug-likeness (QED) is 0.529. The van der Waals surface area contributed by atoms with Crippen LogP contribution in [-0.4, -0.2) is 58.4 Å². The summed E-state index contributed by atoms with van der Waals surface area (Å²) >= 11 is 0. The summed E-state index contributed by atoms with van der Waals surface area (Å²) in [6.07, 6.45) is -5.33. The van der Waals surface area contributed by atoms with Gasteiger partial charge in [0, 0.05) is 0 Å². The van der Waals surface area contributed by atoms with Crippen molar-refractivity contribution in [2.45, 2.75) is 44.6 Å². The molecule has 3 N–H and O–H groups in total. The minimum absolute atomic E-state index is 0.193. The SMILES string of the molecule is CC(=O)CO[C@H]1O[C@@H](C(C)O)[C@H](O)[C@H]1O. The summed E-state index contributed by atoms with van der Waals surface area (Å²) in [4.78, 5) is 10.6. The van der Waals surface area contributed by atoms with E-state index in [0.29, 0.717) is 0 Å². The fourth-order valence-electron chi connectivity index (χ4n) is 1.41. The first-order chi connectivity index (χ1) is 6.93. The molecule has 15 heavy (non-hydrogen) atoms. The van der Waals surface area contributed by atoms with Gasteiger partial charge >= 0.3 is 0 Å². The highest BCUT2D eigenvalue weighted by Gasteiger charge is 2.45. The fraction of sp³-hybridized carbons (Fsp3) is 0.889. The Labute approximate surface area is 87.4 Å². The van der Waals surface area contributed by atoms with Gasteiger partial charge in [0.05, 0.1) is 6.10 Å². The van der Waals surface area contributed by atoms with E-state index in [-0.39, 0.29) is 12.4 Å². The molecule has 0 aromatic carbocycles. The summed E-state index contributed by atoms with van der Waals surface area (Å²) in [5.74, 6) is -0.208. The first-order valence-corrected chi connectivity index (χ1v) is 4.74. The van der Waals surface area contributed by atoms with Crippen molar-refractivity contribution >= 4 is 5.78 Å². The lowest BCUT2D eigenvalue weighted by Gasteiger charge is -2.16. The third kappa shape index (κ3) is 2.96. The second-order valence-corrected chi connectivity index (χ2v) is 3.70. The molecule has 1 aliphatic heterocycles. The van der Waals surface area contributed by atoms with Gasteiger partial charge in [0.2, 0.25) is 0 Å². The van der Waals surface area contributed by atoms with Crippen molar-refractivity contribution in [1.82, 2.24) is 0 Å². The molecule has 6 heteroatoms. The van der Waals surface area contributed by atoms with Crippen LogP contribution in [0.1, 0.15) is 13.8 Å². The molecule has 0 radical (unpaired) electrons. The van der Waals surface area contributed by atoms with Gasteiger partial charge in [-0.25, -0.2) is 0 Å². The van der Waals surface area contributed by atoms with Crippen LogP contribution in [0.2, 0.25) is 0 Å². The van der Waals surface area contributed by atoms with Gasteiger partial charge in [-0.3, -0.25) is 4.79 Å². The van der Waals surface area contributed by atoms with E-state index in [1.807, 2.05) is 0 Å². The summed E-state index contributed by atoms with van der Waals surface area (Å²) in [7, 11) is 0. The molecular formula is C9H16O6. The number of aliphatic hydroxyl groups excluding tert-OH is 3. The summed E-state index contributed by atoms with van der Waals surface area (Å²) < 4.78 is 10.0. The zero-order chi connectivity index (χ0) is 11.6. The maximum Gasteiger partial charge on any atom is 0.187 e. The van der Waals surface area contributed by atoms with E-state index in [0.717, 1.165) is 0 Å². The number of carbonyl (C=O) groups is 1. The summed E-state index contributed by atoms with van der Waals surface area (Å²) in [6, 6.07) is 0. The average molecular weight is 220 g/mol. The Morgan fingerprint density at radius 3 is 2.47 bits per heavy atom. The van der Waals surface area contributed by atoms with Crippen LogP contribution in [0.3, 0.4) is 0 Å². The molecule has 0 aromatic rings. The van der Waals surface area contributed by atoms with Gasteiger partial charge < -0.3 is 24.8 Å². The highest BCUT2D eigenvalue weighted by atomic mass is 16.7. The molecule has 1 fully saturated rings. The lowest BCUT2D eigenvalue weighted by atomic mass is 10.1. The number of aliphatic hydroxyl groups is 3. The molecule has 0 aliphatic carbocycles. The highest BCUT2D eigenvalue weighted by Crippen LogP contribution is 2.24. The van der Waals surface area contributed by atoms with Crippen molar-refractivity contribution in [2.24, 2.45) is 0 Å². The van der Waals surface area contributed by atoms with E-state index in [1.54, 1.807) is 0 Å². The van der Waals surface area contributed by atoms with Crippen molar-refractivity contribution in [1.29, 1.82) is 0 Å². The molecule has 6 nitrogen and oxygen atoms in total. The molecule has 1 unspecified atom stereocenters. The Balaban J connectivity index is 2.51. The van der Waals surface area contributed by atoms with Crippen LogP contribution in [0.4, 0.5) is 0 Å². The van der Waals surface area contributed by atoms with E-state index in [2.05, 4.69) is 0 Å². The first-order valence-electron chi connectivity index (χ1n) is 4.74. The van der Waals surface area contributed by atoms with Crippen LogP contribution >= 0.6 is 0 Å². The second-order valence-electron chi connectivity index (χ2n) is 3.70. The van der Waals surface area contributed by atoms with Gasteiger partial charge in [-0.05, 0) is 13.8 Å². The normalized spacial score (nSPS) is 37.9. The molecule has 0 amide bonds. The zero-order valence-corrected chi connectivity index (χ0v) is 8.66. The molecule has 88 valence electrons. The average Bonchev–Trinajstić information content (AvgIpc) is 2.41. The van der Waals surface area contributed by atoms with Crippen molar-refractivity contribution in [3.05, 3.63) is 0 Å². The maximum atomic E-state index is 10.6. The van der Waals surface area contributed by atoms with Crippen LogP contribution in [0, 0.1) is 0 Å². The van der Waals surface area contributed by atoms with E-state index in [1.165, 1.54) is 13.8 Å². The second kappa shape index (κ2) is 5.00. The molecule has 1 saturated heterocycles. The van der Waals surface area contributed by atoms with Crippen molar-refractivity contribution in [2.75, 3.05) is 6.61 Å². The standard InChI is InChI=1S/C9H16O6/c1-4(10)3-14-9-7(13)6(12)8(15-9)5(2)11/h5-9,11-13H,3H2,1-2H3/t5?,6-,7-,8+,9+/m1/s1. The molecule has 0 saturated carbocycles. The highest BCUT2D eigenvalue weighted by molar-refractivity contribution is 5.76. The zero-order valence-electron chi connectivity index (χ0n) is 8.66. The topological polar surface area (TPSA) is 96.2 Å². The van der Waals surface area contributed by atoms with Crippen molar-refractivity contribution < 1.29 is 29.6 Å². The number of hydrogen-bond acceptors (Lipinski definition) is 6. The van der Waals surface area contributed by atoms with E-state index < -0.39 is 30.7 Å². The predicted molar refractivity (Wildman–Crippen MR) is 49.0 cm³/mol. The number of ketones is 1. The minimum atomic E-state index is -1.25. The smallest absolute Gasteiger partial charge is 0.187 e. The van der Waals surface area contributed by atoms with Gasteiger partial charge in [0.25, 0.3) is 0 Å². The summed E-state index contributed by atoms with van der Waals surface area (Å²) in [5.41, 5.74) is 0. The fourth-order valence-corrected chi connectivity index (χ4v) is 1.41. The van der Waals surface area contributed by atoms with Crippen molar-refractivity contribution in [3.63, 3.8) is 0 Å². The Morgan fingerprint density at radius 2 is 2.07 bits per heavy atom. The molecule has 1 heterocycles. The molecule has 1 aliphatic rings. The Bertz CT molecular complexity index is 229. The molecule has 0 spiro atoms. The Kier molecular flexibility index (Phi) is 4.18. The Morgan fingerprint density at radius 1 is 1.47 bits per heavy atom. The molecule has 0 aromatic heterocycles. The van der Waals surface area contributed by atoms with E-state index >= 15 is 0 Å². The van der Waals surface area contributed by atoms with Crippen LogP contribution in [0.15, 0.2) is 0 Å². The first kappa shape index (κ1) is 12.5. The van der Waals surface area contributed by atoms with Crippen LogP contribution in [0.5, 0.6) is 0 Å². The third-order valence-electron chi connectivity index (χ3n) is 2.18. The molecule has 0 bridgehead atoms. The number of hydrogen-bond donors (Lipinski definition) is 3. The molecule has 1 rings (SSSR count). The lowest BCUT2D eigenvalue weighted by Crippen LogP contribution is -2.37. The minimum Gasteiger partial charge on any atom is -0.391 e. The molecule has 5 atom stereocenters. The van der Waals surface area contributed by atoms with Gasteiger partial charge in [0.1, 0.15) is 24.9 Å². The Hall–Kier alpha value is -0.530. The number of Topliss-reactive ketones (excluding diaryl/α,β-unsaturated/α-hetero) is 1. The van der Waals surface area contributed by atoms with E-state index in [9.17, 15) is 20.1 Å². The van der Waals surface area contributed by atoms with Crippen LogP contribution < -0.4 is 0 Å².